The molecule has 3 aromatic rings. The number of aliphatic hydroxyl groups excluding tert-OH is 1. The molecule has 0 amide bonds. The lowest BCUT2D eigenvalue weighted by Crippen LogP contribution is -2.27. The fourth-order valence-electron chi connectivity index (χ4n) is 4.32. The number of benzene rings is 3. The van der Waals surface area contributed by atoms with Crippen molar-refractivity contribution >= 4 is 11.7 Å². The van der Waals surface area contributed by atoms with Gasteiger partial charge in [0.05, 0.1) is 5.56 Å². The van der Waals surface area contributed by atoms with E-state index in [4.69, 9.17) is 5.11 Å². The molecular formula is C32H37NO3. The summed E-state index contributed by atoms with van der Waals surface area (Å²) >= 11 is 0. The second-order valence-electron chi connectivity index (χ2n) is 10.9. The van der Waals surface area contributed by atoms with Crippen molar-refractivity contribution in [3.63, 3.8) is 0 Å². The zero-order chi connectivity index (χ0) is 26.6. The van der Waals surface area contributed by atoms with Gasteiger partial charge in [-0.25, -0.2) is 4.79 Å². The van der Waals surface area contributed by atoms with Crippen LogP contribution in [0.25, 0.3) is 11.1 Å². The Morgan fingerprint density at radius 3 is 2.14 bits per heavy atom. The van der Waals surface area contributed by atoms with Crippen LogP contribution in [0.1, 0.15) is 73.3 Å². The lowest BCUT2D eigenvalue weighted by Gasteiger charge is -2.33. The van der Waals surface area contributed by atoms with Gasteiger partial charge in [0.25, 0.3) is 0 Å². The average Bonchev–Trinajstić information content (AvgIpc) is 2.81. The van der Waals surface area contributed by atoms with E-state index in [1.165, 1.54) is 23.4 Å². The van der Waals surface area contributed by atoms with Crippen LogP contribution in [-0.2, 0) is 5.41 Å². The monoisotopic (exact) mass is 483 g/mol. The maximum absolute atomic E-state index is 11.1. The Morgan fingerprint density at radius 1 is 1.00 bits per heavy atom. The summed E-state index contributed by atoms with van der Waals surface area (Å²) in [6.07, 6.45) is -0.987. The molecule has 0 aliphatic carbocycles. The molecule has 0 heterocycles. The predicted molar refractivity (Wildman–Crippen MR) is 149 cm³/mol. The molecule has 4 nitrogen and oxygen atoms in total. The second kappa shape index (κ2) is 11.0. The standard InChI is InChI=1S/C32H37NO3/c1-21(2)20-33(7)30-27(24-13-8-22(3)9-14-24)18-26(19-28(30)32(4,5)6)29(34)17-12-23-10-15-25(16-11-23)31(35)36/h8-11,13-16,18-19,21,29,34H,20H2,1-7H3,(H,35,36). The summed E-state index contributed by atoms with van der Waals surface area (Å²) in [5.74, 6) is 5.47. The molecule has 0 radical (unpaired) electrons. The van der Waals surface area contributed by atoms with Crippen LogP contribution in [0.5, 0.6) is 0 Å². The van der Waals surface area contributed by atoms with Gasteiger partial charge in [0.15, 0.2) is 0 Å². The number of rotatable bonds is 6. The molecule has 36 heavy (non-hydrogen) atoms. The minimum atomic E-state index is -0.987. The summed E-state index contributed by atoms with van der Waals surface area (Å²) < 4.78 is 0. The number of hydrogen-bond acceptors (Lipinski definition) is 3. The Kier molecular flexibility index (Phi) is 8.28. The first kappa shape index (κ1) is 27.0. The van der Waals surface area contributed by atoms with Crippen LogP contribution >= 0.6 is 0 Å². The molecule has 3 rings (SSSR count). The van der Waals surface area contributed by atoms with E-state index in [1.807, 2.05) is 0 Å². The number of nitrogens with zero attached hydrogens (tertiary/aromatic N) is 1. The third-order valence-corrected chi connectivity index (χ3v) is 6.12. The van der Waals surface area contributed by atoms with Gasteiger partial charge in [-0.05, 0) is 71.3 Å². The van der Waals surface area contributed by atoms with E-state index in [9.17, 15) is 9.90 Å². The molecule has 188 valence electrons. The Morgan fingerprint density at radius 2 is 1.61 bits per heavy atom. The number of anilines is 1. The maximum Gasteiger partial charge on any atom is 0.335 e. The van der Waals surface area contributed by atoms with E-state index in [2.05, 4.69) is 102 Å². The highest BCUT2D eigenvalue weighted by molar-refractivity contribution is 5.87. The molecule has 3 aromatic carbocycles. The first-order valence-corrected chi connectivity index (χ1v) is 12.4. The number of carboxylic acids is 1. The fourth-order valence-corrected chi connectivity index (χ4v) is 4.32. The fraction of sp³-hybridized carbons (Fsp3) is 0.344. The summed E-state index contributed by atoms with van der Waals surface area (Å²) in [6.45, 7) is 14.0. The smallest absolute Gasteiger partial charge is 0.335 e. The first-order chi connectivity index (χ1) is 16.9. The SMILES string of the molecule is Cc1ccc(-c2cc(C(O)C#Cc3ccc(C(=O)O)cc3)cc(C(C)(C)C)c2N(C)CC(C)C)cc1. The lowest BCUT2D eigenvalue weighted by atomic mass is 9.81. The van der Waals surface area contributed by atoms with Gasteiger partial charge >= 0.3 is 5.97 Å². The van der Waals surface area contributed by atoms with Crippen LogP contribution in [0.2, 0.25) is 0 Å². The third-order valence-electron chi connectivity index (χ3n) is 6.12. The highest BCUT2D eigenvalue weighted by Crippen LogP contribution is 2.42. The zero-order valence-corrected chi connectivity index (χ0v) is 22.4. The highest BCUT2D eigenvalue weighted by atomic mass is 16.4. The minimum Gasteiger partial charge on any atom is -0.478 e. The van der Waals surface area contributed by atoms with Gasteiger partial charge in [0.1, 0.15) is 6.10 Å². The summed E-state index contributed by atoms with van der Waals surface area (Å²) in [4.78, 5) is 13.4. The second-order valence-corrected chi connectivity index (χ2v) is 10.9. The largest absolute Gasteiger partial charge is 0.478 e. The molecule has 0 aliphatic rings. The van der Waals surface area contributed by atoms with Gasteiger partial charge in [-0.15, -0.1) is 0 Å². The van der Waals surface area contributed by atoms with Crippen molar-refractivity contribution in [1.29, 1.82) is 0 Å². The summed E-state index contributed by atoms with van der Waals surface area (Å²) in [6, 6.07) is 19.0. The van der Waals surface area contributed by atoms with E-state index in [1.54, 1.807) is 12.1 Å². The molecule has 1 atom stereocenters. The van der Waals surface area contributed by atoms with Crippen LogP contribution in [0.3, 0.4) is 0 Å². The Hall–Kier alpha value is -3.55. The third kappa shape index (κ3) is 6.56. The van der Waals surface area contributed by atoms with E-state index in [0.717, 1.165) is 28.8 Å². The van der Waals surface area contributed by atoms with Crippen LogP contribution in [0, 0.1) is 24.7 Å². The zero-order valence-electron chi connectivity index (χ0n) is 22.4. The molecule has 0 aromatic heterocycles. The quantitative estimate of drug-likeness (QED) is 0.377. The molecule has 0 bridgehead atoms. The van der Waals surface area contributed by atoms with Crippen LogP contribution in [0.15, 0.2) is 60.7 Å². The molecule has 0 aliphatic heterocycles. The van der Waals surface area contributed by atoms with Gasteiger partial charge in [-0.1, -0.05) is 76.3 Å². The van der Waals surface area contributed by atoms with Gasteiger partial charge in [0, 0.05) is 30.4 Å². The highest BCUT2D eigenvalue weighted by Gasteiger charge is 2.26. The van der Waals surface area contributed by atoms with Crippen molar-refractivity contribution < 1.29 is 15.0 Å². The Bertz CT molecular complexity index is 1270. The van der Waals surface area contributed by atoms with E-state index < -0.39 is 12.1 Å². The van der Waals surface area contributed by atoms with Crippen LogP contribution < -0.4 is 4.90 Å². The van der Waals surface area contributed by atoms with Crippen molar-refractivity contribution in [3.05, 3.63) is 88.5 Å². The molecule has 2 N–H and O–H groups in total. The summed E-state index contributed by atoms with van der Waals surface area (Å²) in [5, 5.41) is 20.2. The number of carboxylic acid groups (broad SMARTS) is 1. The van der Waals surface area contributed by atoms with Gasteiger partial charge in [0.2, 0.25) is 0 Å². The first-order valence-electron chi connectivity index (χ1n) is 12.4. The van der Waals surface area contributed by atoms with E-state index in [-0.39, 0.29) is 11.0 Å². The normalized spacial score (nSPS) is 12.1. The molecular weight excluding hydrogens is 446 g/mol. The van der Waals surface area contributed by atoms with Crippen molar-refractivity contribution in [1.82, 2.24) is 0 Å². The van der Waals surface area contributed by atoms with Gasteiger partial charge < -0.3 is 15.1 Å². The minimum absolute atomic E-state index is 0.157. The molecule has 1 unspecified atom stereocenters. The Labute approximate surface area is 215 Å². The number of aryl methyl sites for hydroxylation is 1. The van der Waals surface area contributed by atoms with Crippen molar-refractivity contribution in [2.24, 2.45) is 5.92 Å². The topological polar surface area (TPSA) is 60.8 Å². The predicted octanol–water partition coefficient (Wildman–Crippen LogP) is 6.84. The van der Waals surface area contributed by atoms with Crippen LogP contribution in [0.4, 0.5) is 5.69 Å². The molecule has 4 heteroatoms. The Balaban J connectivity index is 2.15. The summed E-state index contributed by atoms with van der Waals surface area (Å²) in [7, 11) is 2.14. The average molecular weight is 484 g/mol. The molecule has 0 fully saturated rings. The molecule has 0 saturated heterocycles. The van der Waals surface area contributed by atoms with Crippen molar-refractivity contribution in [2.45, 2.75) is 53.1 Å². The number of aliphatic hydroxyl groups is 1. The number of aromatic carboxylic acids is 1. The van der Waals surface area contributed by atoms with Gasteiger partial charge in [-0.2, -0.15) is 0 Å². The van der Waals surface area contributed by atoms with E-state index >= 15 is 0 Å². The molecule has 0 spiro atoms. The van der Waals surface area contributed by atoms with Gasteiger partial charge in [-0.3, -0.25) is 0 Å². The van der Waals surface area contributed by atoms with Crippen molar-refractivity contribution in [3.8, 4) is 23.0 Å². The maximum atomic E-state index is 11.1. The molecule has 0 saturated carbocycles. The van der Waals surface area contributed by atoms with Crippen LogP contribution in [-0.4, -0.2) is 29.8 Å². The van der Waals surface area contributed by atoms with Crippen molar-refractivity contribution in [2.75, 3.05) is 18.5 Å². The van der Waals surface area contributed by atoms with E-state index in [0.29, 0.717) is 11.5 Å². The number of carbonyl (C=O) groups is 1. The number of hydrogen-bond donors (Lipinski definition) is 2. The summed E-state index contributed by atoms with van der Waals surface area (Å²) in [5.41, 5.74) is 7.15. The lowest BCUT2D eigenvalue weighted by molar-refractivity contribution is 0.0697.